The molecule has 23 heavy (non-hydrogen) atoms. The predicted octanol–water partition coefficient (Wildman–Crippen LogP) is 3.20. The third kappa shape index (κ3) is 3.45. The van der Waals surface area contributed by atoms with Gasteiger partial charge in [-0.3, -0.25) is 4.79 Å². The van der Waals surface area contributed by atoms with Gasteiger partial charge in [-0.2, -0.15) is 0 Å². The summed E-state index contributed by atoms with van der Waals surface area (Å²) in [5.74, 6) is -0.236. The Balaban J connectivity index is 1.79. The summed E-state index contributed by atoms with van der Waals surface area (Å²) in [4.78, 5) is 12.0. The normalized spacial score (nSPS) is 21.1. The molecule has 0 spiro atoms. The molecule has 0 bridgehead atoms. The Kier molecular flexibility index (Phi) is 4.49. The summed E-state index contributed by atoms with van der Waals surface area (Å²) in [5.41, 5.74) is 9.92. The summed E-state index contributed by atoms with van der Waals surface area (Å²) < 4.78 is 0. The Morgan fingerprint density at radius 3 is 2.17 bits per heavy atom. The maximum absolute atomic E-state index is 12.0. The van der Waals surface area contributed by atoms with Crippen molar-refractivity contribution >= 4 is 5.91 Å². The number of primary amides is 1. The molecule has 1 aliphatic heterocycles. The van der Waals surface area contributed by atoms with Crippen molar-refractivity contribution in [2.24, 2.45) is 5.73 Å². The van der Waals surface area contributed by atoms with Crippen molar-refractivity contribution in [2.75, 3.05) is 6.54 Å². The highest BCUT2D eigenvalue weighted by atomic mass is 16.1. The van der Waals surface area contributed by atoms with Crippen molar-refractivity contribution in [1.29, 1.82) is 0 Å². The van der Waals surface area contributed by atoms with E-state index in [2.05, 4.69) is 60.8 Å². The van der Waals surface area contributed by atoms with Gasteiger partial charge in [-0.25, -0.2) is 0 Å². The quantitative estimate of drug-likeness (QED) is 0.911. The molecule has 1 fully saturated rings. The molecule has 3 nitrogen and oxygen atoms in total. The minimum Gasteiger partial charge on any atom is -0.368 e. The largest absolute Gasteiger partial charge is 0.368 e. The van der Waals surface area contributed by atoms with Crippen LogP contribution in [0.1, 0.15) is 30.4 Å². The number of hydrogen-bond acceptors (Lipinski definition) is 2. The van der Waals surface area contributed by atoms with Gasteiger partial charge in [-0.1, -0.05) is 54.1 Å². The summed E-state index contributed by atoms with van der Waals surface area (Å²) in [7, 11) is 0. The maximum Gasteiger partial charge on any atom is 0.238 e. The van der Waals surface area contributed by atoms with Gasteiger partial charge in [0.05, 0.1) is 0 Å². The number of nitrogens with one attached hydrogen (secondary N) is 1. The van der Waals surface area contributed by atoms with Crippen LogP contribution in [0.4, 0.5) is 0 Å². The Bertz CT molecular complexity index is 668. The van der Waals surface area contributed by atoms with Gasteiger partial charge in [0.2, 0.25) is 5.91 Å². The number of carbonyl (C=O) groups is 1. The van der Waals surface area contributed by atoms with Gasteiger partial charge >= 0.3 is 0 Å². The summed E-state index contributed by atoms with van der Waals surface area (Å²) in [6.07, 6.45) is 3.65. The molecule has 120 valence electrons. The number of rotatable bonds is 4. The molecule has 0 aliphatic carbocycles. The molecule has 2 aromatic rings. The van der Waals surface area contributed by atoms with Gasteiger partial charge in [0.25, 0.3) is 0 Å². The zero-order valence-corrected chi connectivity index (χ0v) is 13.6. The lowest BCUT2D eigenvalue weighted by Crippen LogP contribution is -2.59. The van der Waals surface area contributed by atoms with Crippen LogP contribution >= 0.6 is 0 Å². The van der Waals surface area contributed by atoms with E-state index >= 15 is 0 Å². The van der Waals surface area contributed by atoms with Crippen LogP contribution in [0.25, 0.3) is 11.1 Å². The van der Waals surface area contributed by atoms with E-state index in [1.54, 1.807) is 0 Å². The van der Waals surface area contributed by atoms with Crippen LogP contribution in [0, 0.1) is 6.92 Å². The molecule has 1 heterocycles. The minimum atomic E-state index is -0.580. The van der Waals surface area contributed by atoms with E-state index in [1.807, 2.05) is 0 Å². The van der Waals surface area contributed by atoms with Gasteiger partial charge in [0.15, 0.2) is 0 Å². The Morgan fingerprint density at radius 2 is 1.65 bits per heavy atom. The van der Waals surface area contributed by atoms with Crippen molar-refractivity contribution in [2.45, 2.75) is 38.1 Å². The van der Waals surface area contributed by atoms with E-state index in [1.165, 1.54) is 16.7 Å². The van der Waals surface area contributed by atoms with Crippen molar-refractivity contribution < 1.29 is 4.79 Å². The molecule has 0 aromatic heterocycles. The highest BCUT2D eigenvalue weighted by Crippen LogP contribution is 2.26. The van der Waals surface area contributed by atoms with Gasteiger partial charge in [0, 0.05) is 0 Å². The smallest absolute Gasteiger partial charge is 0.238 e. The first-order valence-corrected chi connectivity index (χ1v) is 8.30. The molecular formula is C20H24N2O. The zero-order valence-electron chi connectivity index (χ0n) is 13.6. The van der Waals surface area contributed by atoms with Crippen molar-refractivity contribution in [3.63, 3.8) is 0 Å². The van der Waals surface area contributed by atoms with Crippen LogP contribution in [0.2, 0.25) is 0 Å². The summed E-state index contributed by atoms with van der Waals surface area (Å²) in [6, 6.07) is 17.0. The monoisotopic (exact) mass is 308 g/mol. The molecule has 1 saturated heterocycles. The first-order chi connectivity index (χ1) is 11.1. The third-order valence-corrected chi connectivity index (χ3v) is 4.81. The average Bonchev–Trinajstić information content (AvgIpc) is 2.57. The molecule has 2 aromatic carbocycles. The van der Waals surface area contributed by atoms with Crippen LogP contribution in [-0.4, -0.2) is 18.0 Å². The lowest BCUT2D eigenvalue weighted by molar-refractivity contribution is -0.125. The molecule has 3 N–H and O–H groups in total. The van der Waals surface area contributed by atoms with E-state index in [4.69, 9.17) is 5.73 Å². The van der Waals surface area contributed by atoms with Crippen molar-refractivity contribution in [1.82, 2.24) is 5.32 Å². The summed E-state index contributed by atoms with van der Waals surface area (Å²) >= 11 is 0. The fourth-order valence-corrected chi connectivity index (χ4v) is 3.33. The van der Waals surface area contributed by atoms with Gasteiger partial charge < -0.3 is 11.1 Å². The minimum absolute atomic E-state index is 0.236. The molecule has 1 aliphatic rings. The molecule has 1 atom stereocenters. The third-order valence-electron chi connectivity index (χ3n) is 4.81. The molecule has 1 amide bonds. The lowest BCUT2D eigenvalue weighted by Gasteiger charge is -2.35. The van der Waals surface area contributed by atoms with Crippen LogP contribution in [-0.2, 0) is 11.2 Å². The lowest BCUT2D eigenvalue weighted by atomic mass is 9.82. The number of piperidine rings is 1. The second-order valence-corrected chi connectivity index (χ2v) is 6.57. The molecule has 1 unspecified atom stereocenters. The van der Waals surface area contributed by atoms with Gasteiger partial charge in [-0.05, 0) is 55.8 Å². The van der Waals surface area contributed by atoms with E-state index in [-0.39, 0.29) is 5.91 Å². The van der Waals surface area contributed by atoms with Crippen LogP contribution in [0.3, 0.4) is 0 Å². The highest BCUT2D eigenvalue weighted by Gasteiger charge is 2.37. The number of carbonyl (C=O) groups excluding carboxylic acids is 1. The zero-order chi connectivity index (χ0) is 16.3. The fraction of sp³-hybridized carbons (Fsp3) is 0.350. The second kappa shape index (κ2) is 6.55. The van der Waals surface area contributed by atoms with Crippen LogP contribution in [0.5, 0.6) is 0 Å². The van der Waals surface area contributed by atoms with E-state index in [0.717, 1.165) is 31.4 Å². The van der Waals surface area contributed by atoms with Gasteiger partial charge in [-0.15, -0.1) is 0 Å². The number of aryl methyl sites for hydroxylation is 1. The van der Waals surface area contributed by atoms with Crippen LogP contribution < -0.4 is 11.1 Å². The maximum atomic E-state index is 12.0. The van der Waals surface area contributed by atoms with Crippen molar-refractivity contribution in [3.05, 3.63) is 59.7 Å². The first-order valence-electron chi connectivity index (χ1n) is 8.30. The van der Waals surface area contributed by atoms with E-state index in [0.29, 0.717) is 6.42 Å². The SMILES string of the molecule is Cc1ccc(-c2ccc(CC3(C(N)=O)CCCCN3)cc2)cc1. The predicted molar refractivity (Wildman–Crippen MR) is 94.1 cm³/mol. The molecule has 3 rings (SSSR count). The van der Waals surface area contributed by atoms with E-state index < -0.39 is 5.54 Å². The van der Waals surface area contributed by atoms with E-state index in [9.17, 15) is 4.79 Å². The van der Waals surface area contributed by atoms with Crippen LogP contribution in [0.15, 0.2) is 48.5 Å². The fourth-order valence-electron chi connectivity index (χ4n) is 3.33. The summed E-state index contributed by atoms with van der Waals surface area (Å²) in [5, 5.41) is 3.36. The molecule has 0 saturated carbocycles. The molecular weight excluding hydrogens is 284 g/mol. The Morgan fingerprint density at radius 1 is 1.04 bits per heavy atom. The summed E-state index contributed by atoms with van der Waals surface area (Å²) in [6.45, 7) is 2.96. The Labute approximate surface area is 137 Å². The topological polar surface area (TPSA) is 55.1 Å². The first kappa shape index (κ1) is 15.8. The number of nitrogens with two attached hydrogens (primary N) is 1. The average molecular weight is 308 g/mol. The number of benzene rings is 2. The number of hydrogen-bond donors (Lipinski definition) is 2. The molecule has 3 heteroatoms. The standard InChI is InChI=1S/C20H24N2O/c1-15-4-8-17(9-5-15)18-10-6-16(7-11-18)14-20(19(21)23)12-2-3-13-22-20/h4-11,22H,2-3,12-14H2,1H3,(H2,21,23). The second-order valence-electron chi connectivity index (χ2n) is 6.57. The molecule has 0 radical (unpaired) electrons. The van der Waals surface area contributed by atoms with Crippen molar-refractivity contribution in [3.8, 4) is 11.1 Å². The highest BCUT2D eigenvalue weighted by molar-refractivity contribution is 5.85. The van der Waals surface area contributed by atoms with Gasteiger partial charge in [0.1, 0.15) is 5.54 Å². The Hall–Kier alpha value is -2.13. The number of amides is 1.